The summed E-state index contributed by atoms with van der Waals surface area (Å²) in [4.78, 5) is 10.3. The van der Waals surface area contributed by atoms with Gasteiger partial charge >= 0.3 is 5.69 Å². The lowest BCUT2D eigenvalue weighted by Gasteiger charge is -2.29. The van der Waals surface area contributed by atoms with Gasteiger partial charge in [-0.1, -0.05) is 6.92 Å². The van der Waals surface area contributed by atoms with Gasteiger partial charge in [0.25, 0.3) is 0 Å². The highest BCUT2D eigenvalue weighted by Gasteiger charge is 2.26. The quantitative estimate of drug-likeness (QED) is 0.662. The van der Waals surface area contributed by atoms with E-state index in [2.05, 4.69) is 5.32 Å². The number of ether oxygens (including phenoxy) is 1. The lowest BCUT2D eigenvalue weighted by atomic mass is 9.97. The van der Waals surface area contributed by atoms with Gasteiger partial charge in [-0.3, -0.25) is 10.1 Å². The predicted octanol–water partition coefficient (Wildman–Crippen LogP) is 2.11. The molecule has 1 heterocycles. The first-order valence-corrected chi connectivity index (χ1v) is 5.89. The van der Waals surface area contributed by atoms with Gasteiger partial charge in [0.1, 0.15) is 11.9 Å². The number of nitrogens with one attached hydrogen (secondary N) is 1. The first-order valence-electron chi connectivity index (χ1n) is 5.89. The number of nitro groups is 1. The Morgan fingerprint density at radius 3 is 3.00 bits per heavy atom. The molecule has 1 aliphatic heterocycles. The Morgan fingerprint density at radius 2 is 2.33 bits per heavy atom. The van der Waals surface area contributed by atoms with Crippen molar-refractivity contribution in [2.75, 3.05) is 13.1 Å². The summed E-state index contributed by atoms with van der Waals surface area (Å²) in [5, 5.41) is 14.0. The third-order valence-corrected chi connectivity index (χ3v) is 3.15. The third kappa shape index (κ3) is 2.76. The van der Waals surface area contributed by atoms with Crippen LogP contribution in [0.4, 0.5) is 10.1 Å². The van der Waals surface area contributed by atoms with Crippen LogP contribution in [0.15, 0.2) is 18.2 Å². The fourth-order valence-electron chi connectivity index (χ4n) is 2.02. The number of hydrogen-bond acceptors (Lipinski definition) is 4. The van der Waals surface area contributed by atoms with Crippen LogP contribution in [-0.4, -0.2) is 24.1 Å². The molecule has 98 valence electrons. The van der Waals surface area contributed by atoms with Crippen molar-refractivity contribution in [1.29, 1.82) is 0 Å². The van der Waals surface area contributed by atoms with Crippen molar-refractivity contribution >= 4 is 5.69 Å². The molecule has 18 heavy (non-hydrogen) atoms. The van der Waals surface area contributed by atoms with E-state index in [1.54, 1.807) is 0 Å². The summed E-state index contributed by atoms with van der Waals surface area (Å²) < 4.78 is 18.7. The SMILES string of the molecule is CC1CCNCC1Oc1cc(F)ccc1[N+](=O)[O-]. The Balaban J connectivity index is 2.21. The van der Waals surface area contributed by atoms with Crippen molar-refractivity contribution in [3.8, 4) is 5.75 Å². The van der Waals surface area contributed by atoms with Crippen LogP contribution in [0, 0.1) is 21.8 Å². The first kappa shape index (κ1) is 12.8. The number of benzene rings is 1. The van der Waals surface area contributed by atoms with Crippen LogP contribution in [0.1, 0.15) is 13.3 Å². The molecular weight excluding hydrogens is 239 g/mol. The summed E-state index contributed by atoms with van der Waals surface area (Å²) in [5.74, 6) is -0.248. The topological polar surface area (TPSA) is 64.4 Å². The van der Waals surface area contributed by atoms with Gasteiger partial charge in [-0.2, -0.15) is 0 Å². The Kier molecular flexibility index (Phi) is 3.76. The van der Waals surface area contributed by atoms with Gasteiger partial charge < -0.3 is 10.1 Å². The molecular formula is C12H15FN2O3. The molecule has 2 atom stereocenters. The van der Waals surface area contributed by atoms with Crippen LogP contribution in [0.25, 0.3) is 0 Å². The number of rotatable bonds is 3. The molecule has 0 saturated carbocycles. The van der Waals surface area contributed by atoms with E-state index in [4.69, 9.17) is 4.74 Å². The summed E-state index contributed by atoms with van der Waals surface area (Å²) in [5.41, 5.74) is -0.200. The minimum atomic E-state index is -0.560. The van der Waals surface area contributed by atoms with Gasteiger partial charge in [-0.25, -0.2) is 4.39 Å². The number of hydrogen-bond donors (Lipinski definition) is 1. The van der Waals surface area contributed by atoms with Gasteiger partial charge in [0.15, 0.2) is 5.75 Å². The third-order valence-electron chi connectivity index (χ3n) is 3.15. The van der Waals surface area contributed by atoms with Crippen molar-refractivity contribution in [3.05, 3.63) is 34.1 Å². The molecule has 2 unspecified atom stereocenters. The molecule has 0 amide bonds. The Morgan fingerprint density at radius 1 is 1.56 bits per heavy atom. The maximum atomic E-state index is 13.1. The van der Waals surface area contributed by atoms with Crippen molar-refractivity contribution in [3.63, 3.8) is 0 Å². The molecule has 0 spiro atoms. The summed E-state index contributed by atoms with van der Waals surface area (Å²) in [6, 6.07) is 3.26. The van der Waals surface area contributed by atoms with Gasteiger partial charge in [0, 0.05) is 18.7 Å². The average molecular weight is 254 g/mol. The van der Waals surface area contributed by atoms with E-state index in [9.17, 15) is 14.5 Å². The largest absolute Gasteiger partial charge is 0.482 e. The summed E-state index contributed by atoms with van der Waals surface area (Å²) >= 11 is 0. The molecule has 2 rings (SSSR count). The predicted molar refractivity (Wildman–Crippen MR) is 64.1 cm³/mol. The number of nitro benzene ring substituents is 1. The minimum Gasteiger partial charge on any atom is -0.482 e. The van der Waals surface area contributed by atoms with Crippen LogP contribution in [0.5, 0.6) is 5.75 Å². The number of piperidine rings is 1. The maximum Gasteiger partial charge on any atom is 0.311 e. The zero-order valence-electron chi connectivity index (χ0n) is 10.1. The van der Waals surface area contributed by atoms with E-state index in [0.29, 0.717) is 6.54 Å². The molecule has 0 bridgehead atoms. The van der Waals surface area contributed by atoms with Crippen LogP contribution in [0.2, 0.25) is 0 Å². The lowest BCUT2D eigenvalue weighted by Crippen LogP contribution is -2.42. The van der Waals surface area contributed by atoms with Crippen LogP contribution >= 0.6 is 0 Å². The van der Waals surface area contributed by atoms with E-state index in [0.717, 1.165) is 31.2 Å². The first-order chi connectivity index (χ1) is 8.58. The number of halogens is 1. The second-order valence-electron chi connectivity index (χ2n) is 4.50. The molecule has 0 radical (unpaired) electrons. The molecule has 1 aromatic carbocycles. The highest BCUT2D eigenvalue weighted by atomic mass is 19.1. The highest BCUT2D eigenvalue weighted by molar-refractivity contribution is 5.46. The fourth-order valence-corrected chi connectivity index (χ4v) is 2.02. The molecule has 6 heteroatoms. The van der Waals surface area contributed by atoms with Crippen molar-refractivity contribution in [1.82, 2.24) is 5.32 Å². The number of nitrogens with zero attached hydrogens (tertiary/aromatic N) is 1. The van der Waals surface area contributed by atoms with E-state index in [1.807, 2.05) is 6.92 Å². The smallest absolute Gasteiger partial charge is 0.311 e. The molecule has 5 nitrogen and oxygen atoms in total. The fraction of sp³-hybridized carbons (Fsp3) is 0.500. The summed E-state index contributed by atoms with van der Waals surface area (Å²) in [6.45, 7) is 3.55. The van der Waals surface area contributed by atoms with Crippen molar-refractivity contribution in [2.24, 2.45) is 5.92 Å². The molecule has 1 N–H and O–H groups in total. The Labute approximate surface area is 104 Å². The Hall–Kier alpha value is -1.69. The maximum absolute atomic E-state index is 13.1. The van der Waals surface area contributed by atoms with Crippen LogP contribution in [0.3, 0.4) is 0 Å². The van der Waals surface area contributed by atoms with E-state index in [-0.39, 0.29) is 23.5 Å². The zero-order chi connectivity index (χ0) is 13.1. The van der Waals surface area contributed by atoms with Crippen molar-refractivity contribution < 1.29 is 14.1 Å². The standard InChI is InChI=1S/C12H15FN2O3/c1-8-4-5-14-7-12(8)18-11-6-9(13)2-3-10(11)15(16)17/h2-3,6,8,12,14H,4-5,7H2,1H3. The van der Waals surface area contributed by atoms with Gasteiger partial charge in [-0.15, -0.1) is 0 Å². The minimum absolute atomic E-state index is 0.000509. The molecule has 1 fully saturated rings. The van der Waals surface area contributed by atoms with E-state index < -0.39 is 10.7 Å². The second-order valence-corrected chi connectivity index (χ2v) is 4.50. The monoisotopic (exact) mass is 254 g/mol. The van der Waals surface area contributed by atoms with Crippen LogP contribution in [-0.2, 0) is 0 Å². The molecule has 0 aromatic heterocycles. The molecule has 1 saturated heterocycles. The average Bonchev–Trinajstić information content (AvgIpc) is 2.32. The van der Waals surface area contributed by atoms with Crippen molar-refractivity contribution in [2.45, 2.75) is 19.4 Å². The van der Waals surface area contributed by atoms with E-state index in [1.165, 1.54) is 0 Å². The van der Waals surface area contributed by atoms with Crippen LogP contribution < -0.4 is 10.1 Å². The summed E-state index contributed by atoms with van der Waals surface area (Å²) in [7, 11) is 0. The van der Waals surface area contributed by atoms with Gasteiger partial charge in [0.05, 0.1) is 4.92 Å². The molecule has 1 aromatic rings. The molecule has 1 aliphatic rings. The second kappa shape index (κ2) is 5.30. The lowest BCUT2D eigenvalue weighted by molar-refractivity contribution is -0.386. The normalized spacial score (nSPS) is 23.7. The zero-order valence-corrected chi connectivity index (χ0v) is 10.1. The highest BCUT2D eigenvalue weighted by Crippen LogP contribution is 2.30. The van der Waals surface area contributed by atoms with Gasteiger partial charge in [0.2, 0.25) is 0 Å². The van der Waals surface area contributed by atoms with Gasteiger partial charge in [-0.05, 0) is 24.9 Å². The van der Waals surface area contributed by atoms with E-state index >= 15 is 0 Å². The summed E-state index contributed by atoms with van der Waals surface area (Å²) in [6.07, 6.45) is 0.771. The molecule has 0 aliphatic carbocycles. The Bertz CT molecular complexity index is 453.